The fourth-order valence-corrected chi connectivity index (χ4v) is 1.17. The molecular formula is C10H15ClN2. The van der Waals surface area contributed by atoms with Crippen molar-refractivity contribution in [2.45, 2.75) is 26.7 Å². The van der Waals surface area contributed by atoms with E-state index in [1.54, 1.807) is 6.20 Å². The fraction of sp³-hybridized carbons (Fsp3) is 0.500. The lowest BCUT2D eigenvalue weighted by Crippen LogP contribution is -2.01. The van der Waals surface area contributed by atoms with Gasteiger partial charge in [0, 0.05) is 6.54 Å². The summed E-state index contributed by atoms with van der Waals surface area (Å²) in [5, 5.41) is 3.88. The molecule has 3 heteroatoms. The minimum Gasteiger partial charge on any atom is -0.384 e. The number of hydrogen-bond donors (Lipinski definition) is 1. The molecular weight excluding hydrogens is 184 g/mol. The van der Waals surface area contributed by atoms with Crippen molar-refractivity contribution in [3.8, 4) is 0 Å². The van der Waals surface area contributed by atoms with Crippen molar-refractivity contribution in [1.29, 1.82) is 0 Å². The highest BCUT2D eigenvalue weighted by Crippen LogP contribution is 2.15. The van der Waals surface area contributed by atoms with Crippen molar-refractivity contribution in [3.05, 3.63) is 23.0 Å². The number of unbranched alkanes of at least 4 members (excludes halogenated alkanes) is 1. The molecule has 1 heterocycles. The topological polar surface area (TPSA) is 24.9 Å². The third kappa shape index (κ3) is 3.23. The summed E-state index contributed by atoms with van der Waals surface area (Å²) in [5.74, 6) is 0. The van der Waals surface area contributed by atoms with Crippen LogP contribution in [0.15, 0.2) is 12.3 Å². The van der Waals surface area contributed by atoms with Crippen LogP contribution in [-0.2, 0) is 0 Å². The second-order valence-electron chi connectivity index (χ2n) is 3.11. The predicted molar refractivity (Wildman–Crippen MR) is 57.4 cm³/mol. The number of hydrogen-bond acceptors (Lipinski definition) is 2. The van der Waals surface area contributed by atoms with Crippen LogP contribution in [0.25, 0.3) is 0 Å². The highest BCUT2D eigenvalue weighted by Gasteiger charge is 1.97. The van der Waals surface area contributed by atoms with Crippen LogP contribution in [0.1, 0.15) is 25.3 Å². The molecule has 0 spiro atoms. The van der Waals surface area contributed by atoms with Gasteiger partial charge in [-0.3, -0.25) is 0 Å². The van der Waals surface area contributed by atoms with Crippen molar-refractivity contribution in [2.24, 2.45) is 0 Å². The van der Waals surface area contributed by atoms with E-state index in [-0.39, 0.29) is 0 Å². The first-order valence-corrected chi connectivity index (χ1v) is 4.98. The average molecular weight is 199 g/mol. The Morgan fingerprint density at radius 3 is 2.92 bits per heavy atom. The van der Waals surface area contributed by atoms with E-state index < -0.39 is 0 Å². The lowest BCUT2D eigenvalue weighted by Gasteiger charge is -2.05. The largest absolute Gasteiger partial charge is 0.384 e. The molecule has 0 fully saturated rings. The monoisotopic (exact) mass is 198 g/mol. The molecule has 1 aromatic rings. The molecule has 0 aliphatic heterocycles. The van der Waals surface area contributed by atoms with Crippen molar-refractivity contribution < 1.29 is 0 Å². The molecule has 13 heavy (non-hydrogen) atoms. The Balaban J connectivity index is 2.53. The SMILES string of the molecule is CCCCNc1cnc(Cl)c(C)c1. The van der Waals surface area contributed by atoms with Crippen LogP contribution in [0.3, 0.4) is 0 Å². The maximum atomic E-state index is 5.80. The van der Waals surface area contributed by atoms with Gasteiger partial charge in [0.05, 0.1) is 11.9 Å². The number of aryl methyl sites for hydroxylation is 1. The van der Waals surface area contributed by atoms with Gasteiger partial charge in [-0.1, -0.05) is 24.9 Å². The van der Waals surface area contributed by atoms with E-state index in [9.17, 15) is 0 Å². The maximum Gasteiger partial charge on any atom is 0.132 e. The van der Waals surface area contributed by atoms with Crippen molar-refractivity contribution in [1.82, 2.24) is 4.98 Å². The predicted octanol–water partition coefficient (Wildman–Crippen LogP) is 3.26. The number of nitrogens with one attached hydrogen (secondary N) is 1. The van der Waals surface area contributed by atoms with Gasteiger partial charge in [-0.25, -0.2) is 4.98 Å². The van der Waals surface area contributed by atoms with Crippen molar-refractivity contribution in [2.75, 3.05) is 11.9 Å². The minimum atomic E-state index is 0.584. The van der Waals surface area contributed by atoms with Gasteiger partial charge < -0.3 is 5.32 Å². The third-order valence-corrected chi connectivity index (χ3v) is 2.27. The van der Waals surface area contributed by atoms with Gasteiger partial charge in [0.25, 0.3) is 0 Å². The van der Waals surface area contributed by atoms with Crippen LogP contribution in [0.2, 0.25) is 5.15 Å². The molecule has 2 nitrogen and oxygen atoms in total. The van der Waals surface area contributed by atoms with E-state index in [0.717, 1.165) is 17.8 Å². The summed E-state index contributed by atoms with van der Waals surface area (Å²) < 4.78 is 0. The molecule has 0 amide bonds. The quantitative estimate of drug-likeness (QED) is 0.594. The molecule has 0 bridgehead atoms. The zero-order valence-electron chi connectivity index (χ0n) is 8.10. The molecule has 1 rings (SSSR count). The summed E-state index contributed by atoms with van der Waals surface area (Å²) in [4.78, 5) is 4.06. The molecule has 0 saturated carbocycles. The number of rotatable bonds is 4. The highest BCUT2D eigenvalue weighted by molar-refractivity contribution is 6.30. The van der Waals surface area contributed by atoms with Crippen LogP contribution in [-0.4, -0.2) is 11.5 Å². The number of aromatic nitrogens is 1. The zero-order valence-corrected chi connectivity index (χ0v) is 8.86. The smallest absolute Gasteiger partial charge is 0.132 e. The lowest BCUT2D eigenvalue weighted by molar-refractivity contribution is 0.833. The Bertz CT molecular complexity index is 274. The Kier molecular flexibility index (Phi) is 4.03. The Labute approximate surface area is 84.3 Å². The van der Waals surface area contributed by atoms with Gasteiger partial charge in [-0.05, 0) is 25.0 Å². The van der Waals surface area contributed by atoms with E-state index >= 15 is 0 Å². The molecule has 0 aliphatic carbocycles. The standard InChI is InChI=1S/C10H15ClN2/c1-3-4-5-12-9-6-8(2)10(11)13-7-9/h6-7,12H,3-5H2,1-2H3. The fourth-order valence-electron chi connectivity index (χ4n) is 1.06. The molecule has 72 valence electrons. The van der Waals surface area contributed by atoms with Gasteiger partial charge in [-0.15, -0.1) is 0 Å². The molecule has 0 atom stereocenters. The minimum absolute atomic E-state index is 0.584. The van der Waals surface area contributed by atoms with E-state index in [0.29, 0.717) is 5.15 Å². The van der Waals surface area contributed by atoms with E-state index in [1.807, 2.05) is 13.0 Å². The van der Waals surface area contributed by atoms with Crippen molar-refractivity contribution >= 4 is 17.3 Å². The maximum absolute atomic E-state index is 5.80. The van der Waals surface area contributed by atoms with Crippen LogP contribution < -0.4 is 5.32 Å². The van der Waals surface area contributed by atoms with E-state index in [2.05, 4.69) is 17.2 Å². The van der Waals surface area contributed by atoms with Crippen molar-refractivity contribution in [3.63, 3.8) is 0 Å². The zero-order chi connectivity index (χ0) is 9.68. The first-order chi connectivity index (χ1) is 6.24. The first kappa shape index (κ1) is 10.3. The summed E-state index contributed by atoms with van der Waals surface area (Å²) in [6.07, 6.45) is 4.15. The first-order valence-electron chi connectivity index (χ1n) is 4.60. The highest BCUT2D eigenvalue weighted by atomic mass is 35.5. The van der Waals surface area contributed by atoms with E-state index in [1.165, 1.54) is 12.8 Å². The van der Waals surface area contributed by atoms with Gasteiger partial charge >= 0.3 is 0 Å². The second-order valence-corrected chi connectivity index (χ2v) is 3.47. The Morgan fingerprint density at radius 2 is 2.31 bits per heavy atom. The van der Waals surface area contributed by atoms with Gasteiger partial charge in [0.1, 0.15) is 5.15 Å². The number of anilines is 1. The summed E-state index contributed by atoms with van der Waals surface area (Å²) in [6, 6.07) is 2.02. The van der Waals surface area contributed by atoms with Gasteiger partial charge in [0.2, 0.25) is 0 Å². The van der Waals surface area contributed by atoms with E-state index in [4.69, 9.17) is 11.6 Å². The summed E-state index contributed by atoms with van der Waals surface area (Å²) in [6.45, 7) is 5.13. The molecule has 0 unspecified atom stereocenters. The molecule has 0 aliphatic rings. The van der Waals surface area contributed by atoms with Gasteiger partial charge in [0.15, 0.2) is 0 Å². The number of nitrogens with zero attached hydrogens (tertiary/aromatic N) is 1. The van der Waals surface area contributed by atoms with Crippen LogP contribution in [0.5, 0.6) is 0 Å². The molecule has 0 saturated heterocycles. The normalized spacial score (nSPS) is 10.1. The van der Waals surface area contributed by atoms with Crippen LogP contribution >= 0.6 is 11.6 Å². The molecule has 0 aromatic carbocycles. The molecule has 1 aromatic heterocycles. The summed E-state index contributed by atoms with van der Waals surface area (Å²) in [5.41, 5.74) is 2.07. The molecule has 0 radical (unpaired) electrons. The van der Waals surface area contributed by atoms with Gasteiger partial charge in [-0.2, -0.15) is 0 Å². The average Bonchev–Trinajstić information content (AvgIpc) is 2.12. The Hall–Kier alpha value is -0.760. The summed E-state index contributed by atoms with van der Waals surface area (Å²) in [7, 11) is 0. The molecule has 1 N–H and O–H groups in total. The lowest BCUT2D eigenvalue weighted by atomic mass is 10.3. The summed E-state index contributed by atoms with van der Waals surface area (Å²) >= 11 is 5.80. The number of pyridine rings is 1. The van der Waals surface area contributed by atoms with Crippen LogP contribution in [0, 0.1) is 6.92 Å². The number of halogens is 1. The second kappa shape index (κ2) is 5.07. The Morgan fingerprint density at radius 1 is 1.54 bits per heavy atom. The van der Waals surface area contributed by atoms with Crippen LogP contribution in [0.4, 0.5) is 5.69 Å². The third-order valence-electron chi connectivity index (χ3n) is 1.87.